The van der Waals surface area contributed by atoms with Crippen LogP contribution in [0.3, 0.4) is 0 Å². The second-order valence-corrected chi connectivity index (χ2v) is 5.90. The molecule has 1 aromatic heterocycles. The third kappa shape index (κ3) is 3.00. The molecule has 0 unspecified atom stereocenters. The van der Waals surface area contributed by atoms with Gasteiger partial charge in [0, 0.05) is 11.6 Å². The summed E-state index contributed by atoms with van der Waals surface area (Å²) < 4.78 is 6.77. The highest BCUT2D eigenvalue weighted by molar-refractivity contribution is 6.30. The van der Waals surface area contributed by atoms with Crippen molar-refractivity contribution in [3.63, 3.8) is 0 Å². The zero-order valence-corrected chi connectivity index (χ0v) is 13.7. The molecule has 1 N–H and O–H groups in total. The molecule has 0 aliphatic carbocycles. The molecule has 8 heteroatoms. The Labute approximate surface area is 143 Å². The van der Waals surface area contributed by atoms with E-state index in [0.29, 0.717) is 22.9 Å². The number of nitrogens with zero attached hydrogens (tertiary/aromatic N) is 3. The Balaban J connectivity index is 1.92. The Bertz CT molecular complexity index is 789. The lowest BCUT2D eigenvalue weighted by molar-refractivity contribution is -0.147. The lowest BCUT2D eigenvalue weighted by atomic mass is 10.1. The molecule has 0 bridgehead atoms. The minimum atomic E-state index is -1.08. The maximum atomic E-state index is 12.8. The monoisotopic (exact) mass is 349 g/mol. The van der Waals surface area contributed by atoms with Crippen molar-refractivity contribution in [2.75, 3.05) is 19.8 Å². The number of hydrogen-bond acceptors (Lipinski definition) is 4. The van der Waals surface area contributed by atoms with Crippen molar-refractivity contribution in [1.29, 1.82) is 0 Å². The molecule has 2 aromatic rings. The summed E-state index contributed by atoms with van der Waals surface area (Å²) in [6.45, 7) is 2.30. The van der Waals surface area contributed by atoms with Crippen molar-refractivity contribution in [3.8, 4) is 5.69 Å². The van der Waals surface area contributed by atoms with Crippen LogP contribution in [0.5, 0.6) is 0 Å². The standard InChI is InChI=1S/C16H16ClN3O4/c1-10-13(8-18-20(10)12-4-2-3-11(17)7-12)15(21)19-5-6-24-9-14(19)16(22)23/h2-4,7-8,14H,5-6,9H2,1H3,(H,22,23)/t14-/m0/s1. The Kier molecular flexibility index (Phi) is 4.55. The van der Waals surface area contributed by atoms with Crippen LogP contribution in [-0.2, 0) is 9.53 Å². The lowest BCUT2D eigenvalue weighted by Crippen LogP contribution is -2.52. The van der Waals surface area contributed by atoms with E-state index in [2.05, 4.69) is 5.10 Å². The predicted molar refractivity (Wildman–Crippen MR) is 86.6 cm³/mol. The molecule has 1 amide bonds. The predicted octanol–water partition coefficient (Wildman–Crippen LogP) is 1.76. The van der Waals surface area contributed by atoms with E-state index in [0.717, 1.165) is 5.69 Å². The second-order valence-electron chi connectivity index (χ2n) is 5.46. The van der Waals surface area contributed by atoms with E-state index in [-0.39, 0.29) is 19.1 Å². The molecule has 7 nitrogen and oxygen atoms in total. The van der Waals surface area contributed by atoms with Gasteiger partial charge >= 0.3 is 5.97 Å². The number of aromatic nitrogens is 2. The number of aliphatic carboxylic acids is 1. The summed E-state index contributed by atoms with van der Waals surface area (Å²) in [7, 11) is 0. The molecule has 0 saturated carbocycles. The molecule has 1 atom stereocenters. The molecule has 0 spiro atoms. The van der Waals surface area contributed by atoms with Gasteiger partial charge in [-0.1, -0.05) is 17.7 Å². The summed E-state index contributed by atoms with van der Waals surface area (Å²) in [6.07, 6.45) is 1.45. The van der Waals surface area contributed by atoms with Crippen LogP contribution in [0.2, 0.25) is 5.02 Å². The first-order chi connectivity index (χ1) is 11.5. The topological polar surface area (TPSA) is 84.7 Å². The summed E-state index contributed by atoms with van der Waals surface area (Å²) in [5.74, 6) is -1.44. The summed E-state index contributed by atoms with van der Waals surface area (Å²) in [4.78, 5) is 25.4. The summed E-state index contributed by atoms with van der Waals surface area (Å²) in [5.41, 5.74) is 1.72. The van der Waals surface area contributed by atoms with E-state index in [1.807, 2.05) is 6.07 Å². The van der Waals surface area contributed by atoms with Crippen LogP contribution in [0.1, 0.15) is 16.1 Å². The third-order valence-corrected chi connectivity index (χ3v) is 4.20. The number of carbonyl (C=O) groups is 2. The minimum Gasteiger partial charge on any atom is -0.480 e. The minimum absolute atomic E-state index is 0.0114. The fourth-order valence-electron chi connectivity index (χ4n) is 2.69. The first-order valence-corrected chi connectivity index (χ1v) is 7.79. The van der Waals surface area contributed by atoms with Gasteiger partial charge in [0.15, 0.2) is 6.04 Å². The molecular weight excluding hydrogens is 334 g/mol. The molecule has 1 saturated heterocycles. The van der Waals surface area contributed by atoms with Crippen molar-refractivity contribution < 1.29 is 19.4 Å². The molecule has 1 aromatic carbocycles. The Morgan fingerprint density at radius 1 is 1.42 bits per heavy atom. The fourth-order valence-corrected chi connectivity index (χ4v) is 2.88. The highest BCUT2D eigenvalue weighted by atomic mass is 35.5. The maximum absolute atomic E-state index is 12.8. The Morgan fingerprint density at radius 3 is 2.92 bits per heavy atom. The van der Waals surface area contributed by atoms with Gasteiger partial charge in [-0.25, -0.2) is 9.48 Å². The van der Waals surface area contributed by atoms with Gasteiger partial charge in [0.2, 0.25) is 0 Å². The zero-order valence-electron chi connectivity index (χ0n) is 13.0. The first kappa shape index (κ1) is 16.5. The molecule has 3 rings (SSSR count). The first-order valence-electron chi connectivity index (χ1n) is 7.41. The maximum Gasteiger partial charge on any atom is 0.328 e. The van der Waals surface area contributed by atoms with Gasteiger partial charge in [0.05, 0.1) is 36.4 Å². The zero-order chi connectivity index (χ0) is 17.3. The van der Waals surface area contributed by atoms with Crippen LogP contribution in [0.4, 0.5) is 0 Å². The lowest BCUT2D eigenvalue weighted by Gasteiger charge is -2.32. The molecule has 24 heavy (non-hydrogen) atoms. The van der Waals surface area contributed by atoms with Crippen molar-refractivity contribution >= 4 is 23.5 Å². The smallest absolute Gasteiger partial charge is 0.328 e. The Morgan fingerprint density at radius 2 is 2.21 bits per heavy atom. The van der Waals surface area contributed by atoms with Crippen LogP contribution in [0.25, 0.3) is 5.69 Å². The highest BCUT2D eigenvalue weighted by Crippen LogP contribution is 2.20. The number of morpholine rings is 1. The van der Waals surface area contributed by atoms with Crippen molar-refractivity contribution in [3.05, 3.63) is 46.7 Å². The SMILES string of the molecule is Cc1c(C(=O)N2CCOC[C@H]2C(=O)O)cnn1-c1cccc(Cl)c1. The molecule has 1 aliphatic rings. The number of carbonyl (C=O) groups excluding carboxylic acids is 1. The van der Waals surface area contributed by atoms with E-state index < -0.39 is 12.0 Å². The number of amides is 1. The largest absolute Gasteiger partial charge is 0.480 e. The van der Waals surface area contributed by atoms with E-state index in [1.165, 1.54) is 11.1 Å². The quantitative estimate of drug-likeness (QED) is 0.912. The Hall–Kier alpha value is -2.38. The second kappa shape index (κ2) is 6.62. The van der Waals surface area contributed by atoms with Crippen molar-refractivity contribution in [2.45, 2.75) is 13.0 Å². The number of ether oxygens (including phenoxy) is 1. The summed E-state index contributed by atoms with van der Waals surface area (Å²) in [6, 6.07) is 6.13. The van der Waals surface area contributed by atoms with Crippen molar-refractivity contribution in [1.82, 2.24) is 14.7 Å². The summed E-state index contributed by atoms with van der Waals surface area (Å²) >= 11 is 6.00. The van der Waals surface area contributed by atoms with Crippen LogP contribution in [0.15, 0.2) is 30.5 Å². The van der Waals surface area contributed by atoms with Gasteiger partial charge in [-0.05, 0) is 25.1 Å². The molecular formula is C16H16ClN3O4. The van der Waals surface area contributed by atoms with E-state index in [1.54, 1.807) is 29.8 Å². The summed E-state index contributed by atoms with van der Waals surface area (Å²) in [5, 5.41) is 14.1. The van der Waals surface area contributed by atoms with Crippen LogP contribution < -0.4 is 0 Å². The molecule has 126 valence electrons. The van der Waals surface area contributed by atoms with Gasteiger partial charge in [-0.15, -0.1) is 0 Å². The van der Waals surface area contributed by atoms with E-state index in [4.69, 9.17) is 16.3 Å². The molecule has 0 radical (unpaired) electrons. The number of benzene rings is 1. The van der Waals surface area contributed by atoms with Crippen LogP contribution in [0, 0.1) is 6.92 Å². The van der Waals surface area contributed by atoms with Crippen LogP contribution >= 0.6 is 11.6 Å². The highest BCUT2D eigenvalue weighted by Gasteiger charge is 2.34. The number of carboxylic acid groups (broad SMARTS) is 1. The third-order valence-electron chi connectivity index (χ3n) is 3.97. The molecule has 1 fully saturated rings. The van der Waals surface area contributed by atoms with Gasteiger partial charge in [-0.3, -0.25) is 4.79 Å². The van der Waals surface area contributed by atoms with Gasteiger partial charge < -0.3 is 14.7 Å². The number of carboxylic acids is 1. The number of rotatable bonds is 3. The van der Waals surface area contributed by atoms with Crippen molar-refractivity contribution in [2.24, 2.45) is 0 Å². The van der Waals surface area contributed by atoms with Gasteiger partial charge in [-0.2, -0.15) is 5.10 Å². The molecule has 2 heterocycles. The van der Waals surface area contributed by atoms with Gasteiger partial charge in [0.1, 0.15) is 0 Å². The average Bonchev–Trinajstić information content (AvgIpc) is 2.95. The number of halogens is 1. The average molecular weight is 350 g/mol. The fraction of sp³-hybridized carbons (Fsp3) is 0.312. The van der Waals surface area contributed by atoms with Crippen LogP contribution in [-0.4, -0.2) is 57.5 Å². The van der Waals surface area contributed by atoms with Gasteiger partial charge in [0.25, 0.3) is 5.91 Å². The van der Waals surface area contributed by atoms with E-state index in [9.17, 15) is 14.7 Å². The normalized spacial score (nSPS) is 17.8. The molecule has 1 aliphatic heterocycles. The van der Waals surface area contributed by atoms with E-state index >= 15 is 0 Å². The number of hydrogen-bond donors (Lipinski definition) is 1.